The first-order valence-electron chi connectivity index (χ1n) is 5.64. The van der Waals surface area contributed by atoms with Crippen molar-refractivity contribution in [1.82, 2.24) is 0 Å². The van der Waals surface area contributed by atoms with Crippen molar-refractivity contribution in [2.45, 2.75) is 20.3 Å². The van der Waals surface area contributed by atoms with Gasteiger partial charge in [0.25, 0.3) is 5.91 Å². The zero-order valence-electron chi connectivity index (χ0n) is 10.3. The van der Waals surface area contributed by atoms with Gasteiger partial charge in [-0.05, 0) is 32.1 Å². The van der Waals surface area contributed by atoms with E-state index in [1.807, 2.05) is 19.1 Å². The topological polar surface area (TPSA) is 54.5 Å². The standard InChI is InChI=1S/C14H13NO3/c1-9-3-5-12(6-4-9)15-13(17)8-11(14(15)18)7-10(2)16/h3-7H,8H2,1-2H3. The van der Waals surface area contributed by atoms with Crippen molar-refractivity contribution < 1.29 is 14.4 Å². The van der Waals surface area contributed by atoms with E-state index in [-0.39, 0.29) is 23.7 Å². The maximum atomic E-state index is 12.0. The van der Waals surface area contributed by atoms with Crippen molar-refractivity contribution in [3.8, 4) is 0 Å². The first kappa shape index (κ1) is 12.2. The van der Waals surface area contributed by atoms with Crippen LogP contribution in [0.5, 0.6) is 0 Å². The molecule has 1 heterocycles. The summed E-state index contributed by atoms with van der Waals surface area (Å²) in [6.07, 6.45) is 1.22. The second-order valence-electron chi connectivity index (χ2n) is 4.33. The molecule has 0 spiro atoms. The number of allylic oxidation sites excluding steroid dienone is 1. The predicted molar refractivity (Wildman–Crippen MR) is 67.1 cm³/mol. The van der Waals surface area contributed by atoms with Crippen LogP contribution in [0.4, 0.5) is 5.69 Å². The van der Waals surface area contributed by atoms with Gasteiger partial charge in [-0.3, -0.25) is 14.4 Å². The number of nitrogens with zero attached hydrogens (tertiary/aromatic N) is 1. The number of imide groups is 1. The van der Waals surface area contributed by atoms with Crippen LogP contribution in [-0.4, -0.2) is 17.6 Å². The molecule has 2 amide bonds. The zero-order chi connectivity index (χ0) is 13.3. The summed E-state index contributed by atoms with van der Waals surface area (Å²) in [4.78, 5) is 35.9. The third-order valence-electron chi connectivity index (χ3n) is 2.74. The van der Waals surface area contributed by atoms with Gasteiger partial charge in [0.1, 0.15) is 0 Å². The largest absolute Gasteiger partial charge is 0.295 e. The molecular formula is C14H13NO3. The molecule has 0 N–H and O–H groups in total. The number of benzene rings is 1. The number of rotatable bonds is 2. The molecule has 18 heavy (non-hydrogen) atoms. The summed E-state index contributed by atoms with van der Waals surface area (Å²) < 4.78 is 0. The van der Waals surface area contributed by atoms with Crippen LogP contribution in [0.1, 0.15) is 18.9 Å². The minimum absolute atomic E-state index is 0.00765. The average molecular weight is 243 g/mol. The van der Waals surface area contributed by atoms with Gasteiger partial charge in [-0.1, -0.05) is 17.7 Å². The Morgan fingerprint density at radius 3 is 2.39 bits per heavy atom. The maximum absolute atomic E-state index is 12.0. The number of hydrogen-bond donors (Lipinski definition) is 0. The van der Waals surface area contributed by atoms with Gasteiger partial charge in [-0.25, -0.2) is 4.90 Å². The summed E-state index contributed by atoms with van der Waals surface area (Å²) in [5.74, 6) is -0.924. The van der Waals surface area contributed by atoms with Crippen molar-refractivity contribution in [3.05, 3.63) is 41.5 Å². The second-order valence-corrected chi connectivity index (χ2v) is 4.33. The Hall–Kier alpha value is -2.23. The zero-order valence-corrected chi connectivity index (χ0v) is 10.3. The molecule has 0 aromatic heterocycles. The highest BCUT2D eigenvalue weighted by molar-refractivity contribution is 6.29. The first-order valence-corrected chi connectivity index (χ1v) is 5.64. The van der Waals surface area contributed by atoms with Crippen LogP contribution in [0, 0.1) is 6.92 Å². The number of hydrogen-bond acceptors (Lipinski definition) is 3. The van der Waals surface area contributed by atoms with Crippen LogP contribution >= 0.6 is 0 Å². The van der Waals surface area contributed by atoms with Crippen molar-refractivity contribution in [1.29, 1.82) is 0 Å². The van der Waals surface area contributed by atoms with Crippen LogP contribution in [0.2, 0.25) is 0 Å². The minimum Gasteiger partial charge on any atom is -0.295 e. The molecule has 0 unspecified atom stereocenters. The monoisotopic (exact) mass is 243 g/mol. The van der Waals surface area contributed by atoms with Crippen molar-refractivity contribution in [2.75, 3.05) is 4.90 Å². The van der Waals surface area contributed by atoms with Gasteiger partial charge < -0.3 is 0 Å². The van der Waals surface area contributed by atoms with Crippen molar-refractivity contribution in [3.63, 3.8) is 0 Å². The third kappa shape index (κ3) is 2.22. The van der Waals surface area contributed by atoms with E-state index >= 15 is 0 Å². The van der Waals surface area contributed by atoms with Gasteiger partial charge in [0, 0.05) is 5.57 Å². The van der Waals surface area contributed by atoms with Gasteiger partial charge in [-0.2, -0.15) is 0 Å². The summed E-state index contributed by atoms with van der Waals surface area (Å²) >= 11 is 0. The molecule has 92 valence electrons. The molecule has 1 saturated heterocycles. The van der Waals surface area contributed by atoms with Crippen LogP contribution in [0.3, 0.4) is 0 Å². The Morgan fingerprint density at radius 1 is 1.22 bits per heavy atom. The van der Waals surface area contributed by atoms with Gasteiger partial charge in [0.05, 0.1) is 12.1 Å². The maximum Gasteiger partial charge on any atom is 0.261 e. The van der Waals surface area contributed by atoms with Gasteiger partial charge in [0.15, 0.2) is 5.78 Å². The first-order chi connectivity index (χ1) is 8.49. The molecule has 1 aromatic rings. The molecule has 0 atom stereocenters. The predicted octanol–water partition coefficient (Wildman–Crippen LogP) is 1.77. The van der Waals surface area contributed by atoms with Crippen LogP contribution in [0.25, 0.3) is 0 Å². The van der Waals surface area contributed by atoms with Crippen molar-refractivity contribution in [2.24, 2.45) is 0 Å². The molecule has 4 nitrogen and oxygen atoms in total. The highest BCUT2D eigenvalue weighted by Crippen LogP contribution is 2.26. The second kappa shape index (κ2) is 4.56. The number of carbonyl (C=O) groups is 3. The fourth-order valence-electron chi connectivity index (χ4n) is 1.89. The van der Waals surface area contributed by atoms with E-state index in [1.165, 1.54) is 13.0 Å². The third-order valence-corrected chi connectivity index (χ3v) is 2.74. The molecule has 1 aliphatic rings. The fraction of sp³-hybridized carbons (Fsp3) is 0.214. The molecule has 0 saturated carbocycles. The average Bonchev–Trinajstić information content (AvgIpc) is 2.55. The Labute approximate surface area is 105 Å². The lowest BCUT2D eigenvalue weighted by atomic mass is 10.2. The highest BCUT2D eigenvalue weighted by atomic mass is 16.2. The molecule has 1 aromatic carbocycles. The summed E-state index contributed by atoms with van der Waals surface area (Å²) in [5, 5.41) is 0. The lowest BCUT2D eigenvalue weighted by molar-refractivity contribution is -0.121. The van der Waals surface area contributed by atoms with Crippen LogP contribution < -0.4 is 4.90 Å². The Morgan fingerprint density at radius 2 is 1.83 bits per heavy atom. The minimum atomic E-state index is -0.404. The molecule has 4 heteroatoms. The summed E-state index contributed by atoms with van der Waals surface area (Å²) in [5.41, 5.74) is 1.85. The van der Waals surface area contributed by atoms with Crippen molar-refractivity contribution >= 4 is 23.3 Å². The molecule has 1 aliphatic heterocycles. The number of anilines is 1. The smallest absolute Gasteiger partial charge is 0.261 e. The summed E-state index contributed by atoms with van der Waals surface area (Å²) in [6, 6.07) is 7.12. The van der Waals surface area contributed by atoms with Gasteiger partial charge >= 0.3 is 0 Å². The van der Waals surface area contributed by atoms with E-state index in [9.17, 15) is 14.4 Å². The molecule has 0 radical (unpaired) electrons. The highest BCUT2D eigenvalue weighted by Gasteiger charge is 2.34. The van der Waals surface area contributed by atoms with E-state index in [0.717, 1.165) is 10.5 Å². The van der Waals surface area contributed by atoms with E-state index in [1.54, 1.807) is 12.1 Å². The lowest BCUT2D eigenvalue weighted by Gasteiger charge is -2.13. The summed E-state index contributed by atoms with van der Waals surface area (Å²) in [7, 11) is 0. The molecule has 2 rings (SSSR count). The normalized spacial score (nSPS) is 17.7. The van der Waals surface area contributed by atoms with Gasteiger partial charge in [-0.15, -0.1) is 0 Å². The Balaban J connectivity index is 2.35. The SMILES string of the molecule is CC(=O)C=C1CC(=O)N(c2ccc(C)cc2)C1=O. The fourth-order valence-corrected chi connectivity index (χ4v) is 1.89. The Bertz CT molecular complexity index is 555. The van der Waals surface area contributed by atoms with Crippen LogP contribution in [0.15, 0.2) is 35.9 Å². The quantitative estimate of drug-likeness (QED) is 0.587. The number of ketones is 1. The van der Waals surface area contributed by atoms with E-state index in [4.69, 9.17) is 0 Å². The molecular weight excluding hydrogens is 230 g/mol. The number of carbonyl (C=O) groups excluding carboxylic acids is 3. The number of amides is 2. The number of aryl methyl sites for hydroxylation is 1. The molecule has 0 bridgehead atoms. The molecule has 1 fully saturated rings. The Kier molecular flexibility index (Phi) is 3.10. The van der Waals surface area contributed by atoms with E-state index < -0.39 is 5.91 Å². The van der Waals surface area contributed by atoms with E-state index in [2.05, 4.69) is 0 Å². The van der Waals surface area contributed by atoms with Crippen LogP contribution in [-0.2, 0) is 14.4 Å². The molecule has 0 aliphatic carbocycles. The van der Waals surface area contributed by atoms with E-state index in [0.29, 0.717) is 5.69 Å². The van der Waals surface area contributed by atoms with Gasteiger partial charge in [0.2, 0.25) is 5.91 Å². The summed E-state index contributed by atoms with van der Waals surface area (Å²) in [6.45, 7) is 3.29. The lowest BCUT2D eigenvalue weighted by Crippen LogP contribution is -2.28.